The van der Waals surface area contributed by atoms with Gasteiger partial charge in [-0.2, -0.15) is 0 Å². The zero-order valence-corrected chi connectivity index (χ0v) is 11.9. The Labute approximate surface area is 119 Å². The fourth-order valence-electron chi connectivity index (χ4n) is 1.59. The molecule has 0 saturated carbocycles. The lowest BCUT2D eigenvalue weighted by atomic mass is 10.2. The van der Waals surface area contributed by atoms with Gasteiger partial charge in [0.05, 0.1) is 16.4 Å². The average Bonchev–Trinajstić information content (AvgIpc) is 2.81. The van der Waals surface area contributed by atoms with Gasteiger partial charge in [-0.25, -0.2) is 0 Å². The topological polar surface area (TPSA) is 80.9 Å². The summed E-state index contributed by atoms with van der Waals surface area (Å²) in [5.74, 6) is -0.245. The van der Waals surface area contributed by atoms with Gasteiger partial charge in [-0.15, -0.1) is 5.10 Å². The summed E-state index contributed by atoms with van der Waals surface area (Å²) in [6, 6.07) is 4.94. The summed E-state index contributed by atoms with van der Waals surface area (Å²) in [6.45, 7) is 2.03. The molecule has 3 N–H and O–H groups in total. The monoisotopic (exact) mass is 296 g/mol. The quantitative estimate of drug-likeness (QED) is 0.850. The lowest BCUT2D eigenvalue weighted by molar-refractivity contribution is 0.102. The number of aryl methyl sites for hydroxylation is 1. The van der Waals surface area contributed by atoms with Gasteiger partial charge in [-0.05, 0) is 36.2 Å². The molecule has 100 valence electrons. The number of nitrogen functional groups attached to an aromatic ring is 1. The maximum absolute atomic E-state index is 12.1. The maximum atomic E-state index is 12.1. The van der Waals surface area contributed by atoms with Crippen LogP contribution in [0.5, 0.6) is 0 Å². The van der Waals surface area contributed by atoms with Gasteiger partial charge in [0.15, 0.2) is 0 Å². The van der Waals surface area contributed by atoms with Crippen LogP contribution in [0, 0.1) is 0 Å². The molecule has 0 aliphatic carbocycles. The van der Waals surface area contributed by atoms with Crippen LogP contribution in [0.15, 0.2) is 18.2 Å². The van der Waals surface area contributed by atoms with Gasteiger partial charge < -0.3 is 11.1 Å². The van der Waals surface area contributed by atoms with Crippen LogP contribution in [0.25, 0.3) is 0 Å². The molecule has 5 nitrogen and oxygen atoms in total. The molecule has 0 unspecified atom stereocenters. The third kappa shape index (κ3) is 3.21. The van der Waals surface area contributed by atoms with E-state index >= 15 is 0 Å². The van der Waals surface area contributed by atoms with Crippen molar-refractivity contribution in [1.29, 1.82) is 0 Å². The lowest BCUT2D eigenvalue weighted by Gasteiger charge is -2.07. The molecule has 0 aliphatic heterocycles. The molecular formula is C12H13ClN4OS. The van der Waals surface area contributed by atoms with Gasteiger partial charge in [-0.3, -0.25) is 4.79 Å². The number of halogens is 1. The Morgan fingerprint density at radius 1 is 1.53 bits per heavy atom. The molecule has 0 bridgehead atoms. The van der Waals surface area contributed by atoms with Crippen LogP contribution in [0.1, 0.15) is 28.7 Å². The second-order valence-electron chi connectivity index (χ2n) is 3.99. The highest BCUT2D eigenvalue weighted by molar-refractivity contribution is 7.08. The molecule has 2 rings (SSSR count). The smallest absolute Gasteiger partial charge is 0.269 e. The van der Waals surface area contributed by atoms with Gasteiger partial charge in [-0.1, -0.05) is 29.4 Å². The minimum absolute atomic E-state index is 0.245. The molecule has 1 heterocycles. The minimum Gasteiger partial charge on any atom is -0.399 e. The molecule has 1 amide bonds. The van der Waals surface area contributed by atoms with E-state index in [1.54, 1.807) is 18.2 Å². The standard InChI is InChI=1S/C12H13ClN4OS/c1-2-3-10-11(19-17-16-10)12(18)15-9-5-4-7(14)6-8(9)13/h4-6H,2-3,14H2,1H3,(H,15,18). The van der Waals surface area contributed by atoms with Gasteiger partial charge in [0.2, 0.25) is 0 Å². The molecule has 0 atom stereocenters. The summed E-state index contributed by atoms with van der Waals surface area (Å²) in [5.41, 5.74) is 7.40. The van der Waals surface area contributed by atoms with E-state index in [2.05, 4.69) is 14.9 Å². The first-order valence-corrected chi connectivity index (χ1v) is 6.94. The van der Waals surface area contributed by atoms with Crippen LogP contribution < -0.4 is 11.1 Å². The number of amides is 1. The van der Waals surface area contributed by atoms with E-state index in [-0.39, 0.29) is 5.91 Å². The van der Waals surface area contributed by atoms with Crippen LogP contribution >= 0.6 is 23.1 Å². The van der Waals surface area contributed by atoms with Crippen molar-refractivity contribution in [1.82, 2.24) is 9.59 Å². The van der Waals surface area contributed by atoms with E-state index in [0.717, 1.165) is 30.1 Å². The number of nitrogens with zero attached hydrogens (tertiary/aromatic N) is 2. The first-order valence-electron chi connectivity index (χ1n) is 5.79. The minimum atomic E-state index is -0.245. The third-order valence-electron chi connectivity index (χ3n) is 2.49. The number of hydrogen-bond donors (Lipinski definition) is 2. The van der Waals surface area contributed by atoms with E-state index in [1.165, 1.54) is 0 Å². The van der Waals surface area contributed by atoms with E-state index in [9.17, 15) is 4.79 Å². The van der Waals surface area contributed by atoms with Crippen LogP contribution in [0.2, 0.25) is 5.02 Å². The molecule has 0 saturated heterocycles. The summed E-state index contributed by atoms with van der Waals surface area (Å²) >= 11 is 7.10. The van der Waals surface area contributed by atoms with Crippen molar-refractivity contribution in [3.63, 3.8) is 0 Å². The van der Waals surface area contributed by atoms with E-state index < -0.39 is 0 Å². The normalized spacial score (nSPS) is 10.4. The van der Waals surface area contributed by atoms with E-state index in [0.29, 0.717) is 21.3 Å². The molecular weight excluding hydrogens is 284 g/mol. The zero-order chi connectivity index (χ0) is 13.8. The number of benzene rings is 1. The Morgan fingerprint density at radius 2 is 2.32 bits per heavy atom. The Hall–Kier alpha value is -1.66. The molecule has 0 spiro atoms. The fraction of sp³-hybridized carbons (Fsp3) is 0.250. The van der Waals surface area contributed by atoms with Crippen molar-refractivity contribution in [2.24, 2.45) is 0 Å². The van der Waals surface area contributed by atoms with Crippen molar-refractivity contribution in [3.8, 4) is 0 Å². The van der Waals surface area contributed by atoms with Gasteiger partial charge in [0, 0.05) is 5.69 Å². The van der Waals surface area contributed by atoms with Crippen molar-refractivity contribution in [2.45, 2.75) is 19.8 Å². The summed E-state index contributed by atoms with van der Waals surface area (Å²) < 4.78 is 3.82. The number of rotatable bonds is 4. The van der Waals surface area contributed by atoms with Crippen molar-refractivity contribution in [2.75, 3.05) is 11.1 Å². The highest BCUT2D eigenvalue weighted by Gasteiger charge is 2.16. The third-order valence-corrected chi connectivity index (χ3v) is 3.57. The molecule has 0 aliphatic rings. The van der Waals surface area contributed by atoms with E-state index in [1.807, 2.05) is 6.92 Å². The molecule has 7 heteroatoms. The molecule has 1 aromatic heterocycles. The van der Waals surface area contributed by atoms with Crippen LogP contribution in [0.4, 0.5) is 11.4 Å². The number of nitrogens with two attached hydrogens (primary N) is 1. The molecule has 0 fully saturated rings. The van der Waals surface area contributed by atoms with Crippen LogP contribution in [-0.4, -0.2) is 15.5 Å². The fourth-order valence-corrected chi connectivity index (χ4v) is 2.43. The predicted octanol–water partition coefficient (Wildman–Crippen LogP) is 2.98. The molecule has 19 heavy (non-hydrogen) atoms. The number of nitrogens with one attached hydrogen (secondary N) is 1. The van der Waals surface area contributed by atoms with E-state index in [4.69, 9.17) is 17.3 Å². The average molecular weight is 297 g/mol. The van der Waals surface area contributed by atoms with Crippen LogP contribution in [-0.2, 0) is 6.42 Å². The molecule has 0 radical (unpaired) electrons. The Balaban J connectivity index is 2.18. The second kappa shape index (κ2) is 5.99. The van der Waals surface area contributed by atoms with Gasteiger partial charge >= 0.3 is 0 Å². The number of carbonyl (C=O) groups is 1. The summed E-state index contributed by atoms with van der Waals surface area (Å²) in [6.07, 6.45) is 1.64. The Kier molecular flexibility index (Phi) is 4.34. The summed E-state index contributed by atoms with van der Waals surface area (Å²) in [4.78, 5) is 12.7. The van der Waals surface area contributed by atoms with Crippen molar-refractivity contribution in [3.05, 3.63) is 33.8 Å². The zero-order valence-electron chi connectivity index (χ0n) is 10.3. The SMILES string of the molecule is CCCc1nnsc1C(=O)Nc1ccc(N)cc1Cl. The predicted molar refractivity (Wildman–Crippen MR) is 77.7 cm³/mol. The maximum Gasteiger partial charge on any atom is 0.269 e. The van der Waals surface area contributed by atoms with Crippen molar-refractivity contribution >= 4 is 40.4 Å². The number of aromatic nitrogens is 2. The highest BCUT2D eigenvalue weighted by Crippen LogP contribution is 2.25. The largest absolute Gasteiger partial charge is 0.399 e. The van der Waals surface area contributed by atoms with Crippen LogP contribution in [0.3, 0.4) is 0 Å². The highest BCUT2D eigenvalue weighted by atomic mass is 35.5. The number of carbonyl (C=O) groups excluding carboxylic acids is 1. The molecule has 2 aromatic rings. The van der Waals surface area contributed by atoms with Gasteiger partial charge in [0.25, 0.3) is 5.91 Å². The second-order valence-corrected chi connectivity index (χ2v) is 5.15. The molecule has 1 aromatic carbocycles. The van der Waals surface area contributed by atoms with Crippen molar-refractivity contribution < 1.29 is 4.79 Å². The Bertz CT molecular complexity index is 599. The number of anilines is 2. The first kappa shape index (κ1) is 13.8. The first-order chi connectivity index (χ1) is 9.11. The summed E-state index contributed by atoms with van der Waals surface area (Å²) in [5, 5.41) is 7.11. The lowest BCUT2D eigenvalue weighted by Crippen LogP contribution is -2.13. The summed E-state index contributed by atoms with van der Waals surface area (Å²) in [7, 11) is 0. The number of hydrogen-bond acceptors (Lipinski definition) is 5. The van der Waals surface area contributed by atoms with Gasteiger partial charge in [0.1, 0.15) is 4.88 Å². The Morgan fingerprint density at radius 3 is 3.00 bits per heavy atom.